The number of carbonyl (C=O) groups excluding carboxylic acids is 1. The van der Waals surface area contributed by atoms with E-state index >= 15 is 0 Å². The molecule has 0 bridgehead atoms. The molecule has 5 aromatic rings. The number of unbranched alkanes of at least 4 members (excludes halogenated alkanes) is 6. The van der Waals surface area contributed by atoms with Gasteiger partial charge in [0.2, 0.25) is 0 Å². The number of fused-ring (bicyclic) bond motifs is 2. The van der Waals surface area contributed by atoms with Crippen molar-refractivity contribution in [3.8, 4) is 17.0 Å². The highest BCUT2D eigenvalue weighted by atomic mass is 16.6. The van der Waals surface area contributed by atoms with Crippen LogP contribution in [0.25, 0.3) is 22.2 Å². The number of esters is 1. The van der Waals surface area contributed by atoms with E-state index < -0.39 is 11.6 Å². The molecule has 256 valence electrons. The van der Waals surface area contributed by atoms with Crippen LogP contribution < -0.4 is 9.64 Å². The number of pyridine rings is 1. The van der Waals surface area contributed by atoms with Gasteiger partial charge in [-0.2, -0.15) is 0 Å². The van der Waals surface area contributed by atoms with Crippen molar-refractivity contribution >= 4 is 22.6 Å². The van der Waals surface area contributed by atoms with Crippen LogP contribution in [0.5, 0.6) is 5.75 Å². The first-order valence-electron chi connectivity index (χ1n) is 18.5. The smallest absolute Gasteiger partial charge is 0.358 e. The van der Waals surface area contributed by atoms with Gasteiger partial charge >= 0.3 is 5.97 Å². The molecule has 1 aliphatic rings. The average molecular weight is 658 g/mol. The predicted octanol–water partition coefficient (Wildman–Crippen LogP) is 10.6. The number of rotatable bonds is 17. The first-order chi connectivity index (χ1) is 24.1. The number of anilines is 1. The molecule has 0 spiro atoms. The number of benzene rings is 3. The first-order valence-corrected chi connectivity index (χ1v) is 18.5. The van der Waals surface area contributed by atoms with Crippen molar-refractivity contribution in [1.82, 2.24) is 9.55 Å². The fraction of sp³-hybridized carbons (Fsp3) is 0.395. The predicted molar refractivity (Wildman–Crippen MR) is 201 cm³/mol. The van der Waals surface area contributed by atoms with Gasteiger partial charge in [0.25, 0.3) is 0 Å². The third kappa shape index (κ3) is 6.58. The second kappa shape index (κ2) is 15.8. The minimum absolute atomic E-state index is 0.350. The maximum absolute atomic E-state index is 14.0. The van der Waals surface area contributed by atoms with E-state index in [2.05, 4.69) is 115 Å². The normalized spacial score (nSPS) is 15.4. The lowest BCUT2D eigenvalue weighted by atomic mass is 9.78. The largest absolute Gasteiger partial charge is 0.493 e. The molecule has 0 radical (unpaired) electrons. The van der Waals surface area contributed by atoms with Crippen LogP contribution >= 0.6 is 0 Å². The Balaban J connectivity index is 1.68. The number of hydrogen-bond donors (Lipinski definition) is 0. The number of aromatic nitrogens is 2. The Kier molecular flexibility index (Phi) is 11.0. The summed E-state index contributed by atoms with van der Waals surface area (Å²) in [5.74, 6) is 0.320. The van der Waals surface area contributed by atoms with E-state index in [0.29, 0.717) is 12.3 Å². The zero-order valence-corrected chi connectivity index (χ0v) is 29.7. The molecule has 6 nitrogen and oxygen atoms in total. The third-order valence-electron chi connectivity index (χ3n) is 9.96. The van der Waals surface area contributed by atoms with Crippen LogP contribution in [0.15, 0.2) is 91.1 Å². The molecule has 1 unspecified atom stereocenters. The van der Waals surface area contributed by atoms with Crippen molar-refractivity contribution in [2.45, 2.75) is 91.2 Å². The van der Waals surface area contributed by atoms with Crippen molar-refractivity contribution in [2.24, 2.45) is 0 Å². The van der Waals surface area contributed by atoms with Crippen molar-refractivity contribution < 1.29 is 14.3 Å². The summed E-state index contributed by atoms with van der Waals surface area (Å²) >= 11 is 0. The van der Waals surface area contributed by atoms with Gasteiger partial charge in [0.1, 0.15) is 5.75 Å². The molecular weight excluding hydrogens is 606 g/mol. The number of nitrogens with zero attached hydrogens (tertiary/aromatic N) is 3. The van der Waals surface area contributed by atoms with E-state index in [1.165, 1.54) is 19.3 Å². The number of aryl methyl sites for hydroxylation is 1. The quantitative estimate of drug-likeness (QED) is 0.0736. The van der Waals surface area contributed by atoms with E-state index in [-0.39, 0.29) is 0 Å². The summed E-state index contributed by atoms with van der Waals surface area (Å²) in [6.07, 6.45) is 10.7. The lowest BCUT2D eigenvalue weighted by molar-refractivity contribution is 0.0246. The molecule has 0 aliphatic carbocycles. The van der Waals surface area contributed by atoms with Gasteiger partial charge in [-0.3, -0.25) is 0 Å². The Hall–Kier alpha value is -4.58. The fourth-order valence-electron chi connectivity index (χ4n) is 7.52. The Morgan fingerprint density at radius 3 is 2.27 bits per heavy atom. The van der Waals surface area contributed by atoms with Crippen LogP contribution in [-0.2, 0) is 16.9 Å². The van der Waals surface area contributed by atoms with E-state index in [4.69, 9.17) is 9.47 Å². The Morgan fingerprint density at radius 2 is 1.51 bits per heavy atom. The van der Waals surface area contributed by atoms with E-state index in [9.17, 15) is 4.79 Å². The van der Waals surface area contributed by atoms with Crippen LogP contribution in [0.4, 0.5) is 5.69 Å². The average Bonchev–Trinajstić information content (AvgIpc) is 3.63. The number of cyclic esters (lactones) is 1. The summed E-state index contributed by atoms with van der Waals surface area (Å²) in [4.78, 5) is 21.0. The minimum atomic E-state index is -1.29. The number of ether oxygens (including phenoxy) is 2. The highest BCUT2D eigenvalue weighted by molar-refractivity contribution is 6.00. The summed E-state index contributed by atoms with van der Waals surface area (Å²) in [6, 6.07) is 29.5. The molecule has 3 aromatic carbocycles. The molecule has 6 heteroatoms. The van der Waals surface area contributed by atoms with Gasteiger partial charge in [-0.1, -0.05) is 107 Å². The lowest BCUT2D eigenvalue weighted by Gasteiger charge is -2.33. The lowest BCUT2D eigenvalue weighted by Crippen LogP contribution is -2.31. The van der Waals surface area contributed by atoms with Gasteiger partial charge in [0.05, 0.1) is 12.3 Å². The van der Waals surface area contributed by atoms with Gasteiger partial charge in [-0.25, -0.2) is 9.78 Å². The van der Waals surface area contributed by atoms with Gasteiger partial charge in [-0.15, -0.1) is 0 Å². The maximum atomic E-state index is 14.0. The SMILES string of the molecule is CCCCCCOc1cc(N(CC)CC)ccc1C1(c2c(-c3ccccc3)n(CCCCCC)c3ccccc23)OC(=O)c2ncccc21. The summed E-state index contributed by atoms with van der Waals surface area (Å²) in [6.45, 7) is 12.0. The Bertz CT molecular complexity index is 1860. The topological polar surface area (TPSA) is 56.6 Å². The van der Waals surface area contributed by atoms with Gasteiger partial charge in [-0.05, 0) is 56.5 Å². The third-order valence-corrected chi connectivity index (χ3v) is 9.96. The van der Waals surface area contributed by atoms with Crippen LogP contribution in [0.3, 0.4) is 0 Å². The highest BCUT2D eigenvalue weighted by Gasteiger charge is 2.54. The minimum Gasteiger partial charge on any atom is -0.493 e. The molecule has 1 atom stereocenters. The summed E-state index contributed by atoms with van der Waals surface area (Å²) < 4.78 is 16.1. The van der Waals surface area contributed by atoms with E-state index in [1.807, 2.05) is 12.1 Å². The Labute approximate surface area is 292 Å². The molecule has 1 aliphatic heterocycles. The maximum Gasteiger partial charge on any atom is 0.358 e. The van der Waals surface area contributed by atoms with E-state index in [0.717, 1.165) is 102 Å². The molecule has 0 fully saturated rings. The summed E-state index contributed by atoms with van der Waals surface area (Å²) in [7, 11) is 0. The van der Waals surface area contributed by atoms with Gasteiger partial charge in [0.15, 0.2) is 11.3 Å². The van der Waals surface area contributed by atoms with Crippen molar-refractivity contribution in [3.05, 3.63) is 114 Å². The van der Waals surface area contributed by atoms with Crippen LogP contribution in [0.2, 0.25) is 0 Å². The summed E-state index contributed by atoms with van der Waals surface area (Å²) in [5.41, 5.74) is 5.94. The molecule has 49 heavy (non-hydrogen) atoms. The molecule has 3 heterocycles. The van der Waals surface area contributed by atoms with Crippen LogP contribution in [0, 0.1) is 0 Å². The van der Waals surface area contributed by atoms with Crippen molar-refractivity contribution in [3.63, 3.8) is 0 Å². The zero-order valence-electron chi connectivity index (χ0n) is 29.7. The molecule has 0 saturated heterocycles. The number of para-hydroxylation sites is 1. The summed E-state index contributed by atoms with van der Waals surface area (Å²) in [5, 5.41) is 1.06. The van der Waals surface area contributed by atoms with Gasteiger partial charge < -0.3 is 18.9 Å². The first kappa shape index (κ1) is 34.3. The number of hydrogen-bond acceptors (Lipinski definition) is 5. The molecule has 0 amide bonds. The molecular formula is C43H51N3O3. The second-order valence-electron chi connectivity index (χ2n) is 13.1. The standard InChI is InChI=1S/C43H51N3O3/c1-5-9-11-18-29-46-37-25-17-16-23-34(37)39(41(46)32-21-14-13-15-22-32)43(36-24-20-28-44-40(36)42(47)49-43)35-27-26-33(45(7-3)8-4)31-38(35)48-30-19-12-10-6-2/h13-17,20-28,31H,5-12,18-19,29-30H2,1-4H3. The van der Waals surface area contributed by atoms with Crippen LogP contribution in [0.1, 0.15) is 106 Å². The monoisotopic (exact) mass is 657 g/mol. The molecule has 6 rings (SSSR count). The molecule has 0 N–H and O–H groups in total. The zero-order chi connectivity index (χ0) is 34.2. The molecule has 2 aromatic heterocycles. The van der Waals surface area contributed by atoms with Gasteiger partial charge in [0, 0.05) is 65.2 Å². The molecule has 0 saturated carbocycles. The Morgan fingerprint density at radius 1 is 0.776 bits per heavy atom. The fourth-order valence-corrected chi connectivity index (χ4v) is 7.52. The van der Waals surface area contributed by atoms with Crippen molar-refractivity contribution in [1.29, 1.82) is 0 Å². The second-order valence-corrected chi connectivity index (χ2v) is 13.1. The van der Waals surface area contributed by atoms with Crippen LogP contribution in [-0.4, -0.2) is 35.2 Å². The highest BCUT2D eigenvalue weighted by Crippen LogP contribution is 2.55. The van der Waals surface area contributed by atoms with Crippen molar-refractivity contribution in [2.75, 3.05) is 24.6 Å². The number of carbonyl (C=O) groups is 1. The van der Waals surface area contributed by atoms with E-state index in [1.54, 1.807) is 6.20 Å².